The maximum atomic E-state index is 13.2. The molecule has 174 valence electrons. The van der Waals surface area contributed by atoms with Crippen molar-refractivity contribution in [3.8, 4) is 11.3 Å². The molecule has 0 saturated carbocycles. The summed E-state index contributed by atoms with van der Waals surface area (Å²) in [4.78, 5) is 33.0. The first-order valence-corrected chi connectivity index (χ1v) is 10.6. The summed E-state index contributed by atoms with van der Waals surface area (Å²) in [6.07, 6.45) is 1.05. The molecule has 1 fully saturated rings. The fraction of sp³-hybridized carbons (Fsp3) is 0.409. The number of hydrogen-bond acceptors (Lipinski definition) is 6. The number of piperidine rings is 1. The van der Waals surface area contributed by atoms with Crippen LogP contribution in [-0.2, 0) is 11.0 Å². The van der Waals surface area contributed by atoms with Crippen molar-refractivity contribution in [2.24, 2.45) is 10.9 Å². The number of aromatic amines is 1. The van der Waals surface area contributed by atoms with Gasteiger partial charge < -0.3 is 15.2 Å². The molecule has 1 aliphatic heterocycles. The highest BCUT2D eigenvalue weighted by Gasteiger charge is 2.32. The lowest BCUT2D eigenvalue weighted by molar-refractivity contribution is -0.137. The molecule has 3 aromatic rings. The summed E-state index contributed by atoms with van der Waals surface area (Å²) in [6, 6.07) is 1.08. The quantitative estimate of drug-likeness (QED) is 0.550. The molecule has 0 radical (unpaired) electrons. The third-order valence-corrected chi connectivity index (χ3v) is 6.10. The standard InChI is InChI=1S/C22H24F3N7O/c1-12(14-4-6-32(7-5-14)13(2)33)30-21-29-11-18(26-3)19(31-21)17-10-28-20-16(17)8-15(9-27-20)22(23,24)25/h8-12,14H,3-7H2,1-2H3,(H,27,28)(H,29,30,31)/t12-/m0/s1. The van der Waals surface area contributed by atoms with Gasteiger partial charge >= 0.3 is 6.18 Å². The average molecular weight is 459 g/mol. The Morgan fingerprint density at radius 3 is 2.67 bits per heavy atom. The zero-order valence-corrected chi connectivity index (χ0v) is 18.3. The molecule has 2 N–H and O–H groups in total. The van der Waals surface area contributed by atoms with Crippen LogP contribution in [0.1, 0.15) is 32.3 Å². The minimum atomic E-state index is -4.51. The van der Waals surface area contributed by atoms with E-state index in [2.05, 4.69) is 37.0 Å². The number of hydrogen-bond donors (Lipinski definition) is 2. The van der Waals surface area contributed by atoms with Crippen molar-refractivity contribution < 1.29 is 18.0 Å². The summed E-state index contributed by atoms with van der Waals surface area (Å²) in [5.41, 5.74) is 0.599. The van der Waals surface area contributed by atoms with E-state index < -0.39 is 11.7 Å². The van der Waals surface area contributed by atoms with Gasteiger partial charge in [0.25, 0.3) is 0 Å². The van der Waals surface area contributed by atoms with Crippen LogP contribution in [0, 0.1) is 5.92 Å². The first-order valence-electron chi connectivity index (χ1n) is 10.6. The number of halogens is 3. The van der Waals surface area contributed by atoms with Crippen LogP contribution in [0.5, 0.6) is 0 Å². The molecule has 1 atom stereocenters. The number of anilines is 1. The van der Waals surface area contributed by atoms with Gasteiger partial charge in [-0.3, -0.25) is 9.79 Å². The largest absolute Gasteiger partial charge is 0.417 e. The van der Waals surface area contributed by atoms with Gasteiger partial charge in [-0.1, -0.05) is 0 Å². The molecule has 3 aromatic heterocycles. The van der Waals surface area contributed by atoms with E-state index in [1.807, 2.05) is 11.8 Å². The van der Waals surface area contributed by atoms with Crippen LogP contribution in [0.15, 0.2) is 29.6 Å². The van der Waals surface area contributed by atoms with Gasteiger partial charge in [0.15, 0.2) is 0 Å². The lowest BCUT2D eigenvalue weighted by Gasteiger charge is -2.34. The molecular weight excluding hydrogens is 435 g/mol. The molecule has 4 rings (SSSR count). The number of nitrogens with one attached hydrogen (secondary N) is 2. The minimum absolute atomic E-state index is 0.0379. The van der Waals surface area contributed by atoms with E-state index in [-0.39, 0.29) is 17.3 Å². The van der Waals surface area contributed by atoms with E-state index in [0.29, 0.717) is 47.5 Å². The third-order valence-electron chi connectivity index (χ3n) is 6.10. The van der Waals surface area contributed by atoms with Gasteiger partial charge in [-0.15, -0.1) is 0 Å². The van der Waals surface area contributed by atoms with Crippen molar-refractivity contribution >= 4 is 35.3 Å². The fourth-order valence-electron chi connectivity index (χ4n) is 4.15. The molecule has 1 amide bonds. The smallest absolute Gasteiger partial charge is 0.351 e. The Morgan fingerprint density at radius 1 is 1.30 bits per heavy atom. The Morgan fingerprint density at radius 2 is 2.03 bits per heavy atom. The first-order chi connectivity index (χ1) is 15.7. The number of carbonyl (C=O) groups excluding carboxylic acids is 1. The van der Waals surface area contributed by atoms with E-state index in [4.69, 9.17) is 0 Å². The normalized spacial score (nSPS) is 16.1. The molecule has 0 bridgehead atoms. The lowest BCUT2D eigenvalue weighted by atomic mass is 9.90. The van der Waals surface area contributed by atoms with E-state index in [9.17, 15) is 18.0 Å². The Kier molecular flexibility index (Phi) is 6.05. The molecule has 0 aromatic carbocycles. The lowest BCUT2D eigenvalue weighted by Crippen LogP contribution is -2.41. The second-order valence-electron chi connectivity index (χ2n) is 8.18. The van der Waals surface area contributed by atoms with E-state index in [1.54, 1.807) is 13.1 Å². The van der Waals surface area contributed by atoms with Crippen molar-refractivity contribution in [1.82, 2.24) is 24.8 Å². The third kappa shape index (κ3) is 4.67. The van der Waals surface area contributed by atoms with Gasteiger partial charge in [-0.05, 0) is 38.5 Å². The molecule has 0 spiro atoms. The van der Waals surface area contributed by atoms with E-state index in [0.717, 1.165) is 25.1 Å². The van der Waals surface area contributed by atoms with Gasteiger partial charge in [0.1, 0.15) is 17.0 Å². The fourth-order valence-corrected chi connectivity index (χ4v) is 4.15. The number of alkyl halides is 3. The Balaban J connectivity index is 1.62. The van der Waals surface area contributed by atoms with Crippen LogP contribution in [0.2, 0.25) is 0 Å². The maximum Gasteiger partial charge on any atom is 0.417 e. The molecule has 1 saturated heterocycles. The van der Waals surface area contributed by atoms with Crippen LogP contribution < -0.4 is 5.32 Å². The molecule has 4 heterocycles. The number of likely N-dealkylation sites (tertiary alicyclic amines) is 1. The zero-order valence-electron chi connectivity index (χ0n) is 18.3. The highest BCUT2D eigenvalue weighted by molar-refractivity contribution is 5.95. The first kappa shape index (κ1) is 22.7. The van der Waals surface area contributed by atoms with E-state index in [1.165, 1.54) is 6.20 Å². The highest BCUT2D eigenvalue weighted by atomic mass is 19.4. The number of H-pyrrole nitrogens is 1. The van der Waals surface area contributed by atoms with Gasteiger partial charge in [-0.25, -0.2) is 15.0 Å². The number of aliphatic imine (C=N–C) groups is 1. The summed E-state index contributed by atoms with van der Waals surface area (Å²) in [7, 11) is 0. The molecule has 8 nitrogen and oxygen atoms in total. The summed E-state index contributed by atoms with van der Waals surface area (Å²) < 4.78 is 39.7. The Labute approximate surface area is 188 Å². The number of nitrogens with zero attached hydrogens (tertiary/aromatic N) is 5. The van der Waals surface area contributed by atoms with Crippen LogP contribution in [0.4, 0.5) is 24.8 Å². The Bertz CT molecular complexity index is 1180. The molecule has 33 heavy (non-hydrogen) atoms. The predicted molar refractivity (Wildman–Crippen MR) is 119 cm³/mol. The summed E-state index contributed by atoms with van der Waals surface area (Å²) in [6.45, 7) is 8.56. The second-order valence-corrected chi connectivity index (χ2v) is 8.18. The number of pyridine rings is 1. The molecule has 0 unspecified atom stereocenters. The SMILES string of the molecule is C=Nc1cnc(N[C@@H](C)C2CCN(C(C)=O)CC2)nc1-c1c[nH]c2ncc(C(F)(F)F)cc12. The summed E-state index contributed by atoms with van der Waals surface area (Å²) in [5.74, 6) is 0.751. The van der Waals surface area contributed by atoms with Crippen LogP contribution >= 0.6 is 0 Å². The van der Waals surface area contributed by atoms with Crippen LogP contribution in [0.25, 0.3) is 22.3 Å². The topological polar surface area (TPSA) is 99.2 Å². The highest BCUT2D eigenvalue weighted by Crippen LogP contribution is 2.37. The second kappa shape index (κ2) is 8.80. The van der Waals surface area contributed by atoms with Crippen LogP contribution in [-0.4, -0.2) is 56.6 Å². The van der Waals surface area contributed by atoms with Crippen LogP contribution in [0.3, 0.4) is 0 Å². The van der Waals surface area contributed by atoms with E-state index >= 15 is 0 Å². The van der Waals surface area contributed by atoms with Crippen molar-refractivity contribution in [2.75, 3.05) is 18.4 Å². The molecular formula is C22H24F3N7O. The minimum Gasteiger partial charge on any atom is -0.351 e. The number of carbonyl (C=O) groups is 1. The number of fused-ring (bicyclic) bond motifs is 1. The average Bonchev–Trinajstić information content (AvgIpc) is 3.21. The van der Waals surface area contributed by atoms with Gasteiger partial charge in [0.05, 0.1) is 11.8 Å². The van der Waals surface area contributed by atoms with Gasteiger partial charge in [-0.2, -0.15) is 13.2 Å². The van der Waals surface area contributed by atoms with Crippen molar-refractivity contribution in [2.45, 2.75) is 38.9 Å². The maximum absolute atomic E-state index is 13.2. The predicted octanol–water partition coefficient (Wildman–Crippen LogP) is 4.43. The van der Waals surface area contributed by atoms with Crippen molar-refractivity contribution in [3.63, 3.8) is 0 Å². The number of aromatic nitrogens is 4. The number of rotatable bonds is 5. The Hall–Kier alpha value is -3.50. The molecule has 1 aliphatic rings. The molecule has 0 aliphatic carbocycles. The molecule has 11 heteroatoms. The summed E-state index contributed by atoms with van der Waals surface area (Å²) >= 11 is 0. The van der Waals surface area contributed by atoms with Gasteiger partial charge in [0, 0.05) is 49.4 Å². The van der Waals surface area contributed by atoms with Crippen molar-refractivity contribution in [1.29, 1.82) is 0 Å². The van der Waals surface area contributed by atoms with Crippen molar-refractivity contribution in [3.05, 3.63) is 30.2 Å². The summed E-state index contributed by atoms with van der Waals surface area (Å²) in [5, 5.41) is 3.58. The monoisotopic (exact) mass is 459 g/mol. The number of amides is 1. The zero-order chi connectivity index (χ0) is 23.8. The van der Waals surface area contributed by atoms with Gasteiger partial charge in [0.2, 0.25) is 11.9 Å².